The van der Waals surface area contributed by atoms with Crippen LogP contribution in [0, 0.1) is 6.92 Å². The Labute approximate surface area is 114 Å². The lowest BCUT2D eigenvalue weighted by Crippen LogP contribution is -2.13. The standard InChI is InChI=1S/C16H21NO2/c1-4-8-17-11-16-14(7-9-19-16)13-5-6-15(18-3)12(2)10-13/h5-7,9-10,17H,4,8,11H2,1-3H3. The summed E-state index contributed by atoms with van der Waals surface area (Å²) in [6, 6.07) is 8.22. The molecule has 0 amide bonds. The Morgan fingerprint density at radius 1 is 1.26 bits per heavy atom. The molecule has 0 aliphatic heterocycles. The molecular formula is C16H21NO2. The van der Waals surface area contributed by atoms with E-state index < -0.39 is 0 Å². The van der Waals surface area contributed by atoms with Crippen molar-refractivity contribution < 1.29 is 9.15 Å². The lowest BCUT2D eigenvalue weighted by atomic mass is 10.0. The van der Waals surface area contributed by atoms with Gasteiger partial charge < -0.3 is 14.5 Å². The zero-order valence-electron chi connectivity index (χ0n) is 11.8. The number of hydrogen-bond acceptors (Lipinski definition) is 3. The summed E-state index contributed by atoms with van der Waals surface area (Å²) in [7, 11) is 1.69. The minimum absolute atomic E-state index is 0.765. The molecule has 19 heavy (non-hydrogen) atoms. The smallest absolute Gasteiger partial charge is 0.125 e. The molecule has 0 unspecified atom stereocenters. The Bertz CT molecular complexity index is 531. The van der Waals surface area contributed by atoms with Gasteiger partial charge in [-0.05, 0) is 49.2 Å². The summed E-state index contributed by atoms with van der Waals surface area (Å²) < 4.78 is 10.9. The van der Waals surface area contributed by atoms with Crippen molar-refractivity contribution in [3.8, 4) is 16.9 Å². The minimum Gasteiger partial charge on any atom is -0.496 e. The predicted octanol–water partition coefficient (Wildman–Crippen LogP) is 3.76. The molecule has 1 N–H and O–H groups in total. The summed E-state index contributed by atoms with van der Waals surface area (Å²) >= 11 is 0. The summed E-state index contributed by atoms with van der Waals surface area (Å²) in [6.45, 7) is 5.98. The van der Waals surface area contributed by atoms with E-state index in [0.29, 0.717) is 0 Å². The molecule has 1 aromatic carbocycles. The van der Waals surface area contributed by atoms with Crippen LogP contribution in [0.2, 0.25) is 0 Å². The Kier molecular flexibility index (Phi) is 4.63. The van der Waals surface area contributed by atoms with Crippen molar-refractivity contribution in [2.45, 2.75) is 26.8 Å². The predicted molar refractivity (Wildman–Crippen MR) is 77.4 cm³/mol. The monoisotopic (exact) mass is 259 g/mol. The normalized spacial score (nSPS) is 10.7. The van der Waals surface area contributed by atoms with Crippen LogP contribution >= 0.6 is 0 Å². The van der Waals surface area contributed by atoms with Crippen molar-refractivity contribution in [3.63, 3.8) is 0 Å². The first-order valence-electron chi connectivity index (χ1n) is 6.68. The second-order valence-electron chi connectivity index (χ2n) is 4.62. The van der Waals surface area contributed by atoms with Gasteiger partial charge in [0.05, 0.1) is 19.9 Å². The van der Waals surface area contributed by atoms with Gasteiger partial charge in [-0.2, -0.15) is 0 Å². The topological polar surface area (TPSA) is 34.4 Å². The maximum Gasteiger partial charge on any atom is 0.125 e. The molecule has 3 nitrogen and oxygen atoms in total. The van der Waals surface area contributed by atoms with E-state index in [1.54, 1.807) is 13.4 Å². The van der Waals surface area contributed by atoms with Crippen molar-refractivity contribution in [1.82, 2.24) is 5.32 Å². The van der Waals surface area contributed by atoms with E-state index in [4.69, 9.17) is 9.15 Å². The summed E-state index contributed by atoms with van der Waals surface area (Å²) in [5.41, 5.74) is 3.45. The van der Waals surface area contributed by atoms with Crippen LogP contribution in [0.1, 0.15) is 24.7 Å². The highest BCUT2D eigenvalue weighted by Gasteiger charge is 2.09. The summed E-state index contributed by atoms with van der Waals surface area (Å²) in [5.74, 6) is 1.90. The van der Waals surface area contributed by atoms with Gasteiger partial charge >= 0.3 is 0 Å². The number of rotatable bonds is 6. The lowest BCUT2D eigenvalue weighted by molar-refractivity contribution is 0.412. The van der Waals surface area contributed by atoms with Crippen molar-refractivity contribution in [1.29, 1.82) is 0 Å². The van der Waals surface area contributed by atoms with Gasteiger partial charge in [0, 0.05) is 5.56 Å². The molecule has 2 rings (SSSR count). The molecular weight excluding hydrogens is 238 g/mol. The second-order valence-corrected chi connectivity index (χ2v) is 4.62. The van der Waals surface area contributed by atoms with Crippen LogP contribution in [-0.4, -0.2) is 13.7 Å². The van der Waals surface area contributed by atoms with E-state index in [2.05, 4.69) is 31.3 Å². The van der Waals surface area contributed by atoms with E-state index in [-0.39, 0.29) is 0 Å². The molecule has 0 fully saturated rings. The quantitative estimate of drug-likeness (QED) is 0.802. The van der Waals surface area contributed by atoms with Crippen LogP contribution in [0.4, 0.5) is 0 Å². The Morgan fingerprint density at radius 2 is 2.11 bits per heavy atom. The van der Waals surface area contributed by atoms with Gasteiger partial charge in [0.25, 0.3) is 0 Å². The number of aryl methyl sites for hydroxylation is 1. The van der Waals surface area contributed by atoms with Gasteiger partial charge in [-0.25, -0.2) is 0 Å². The van der Waals surface area contributed by atoms with Crippen LogP contribution in [0.25, 0.3) is 11.1 Å². The molecule has 2 aromatic rings. The van der Waals surface area contributed by atoms with Gasteiger partial charge in [0.2, 0.25) is 0 Å². The fraction of sp³-hybridized carbons (Fsp3) is 0.375. The third-order valence-corrected chi connectivity index (χ3v) is 3.16. The van der Waals surface area contributed by atoms with E-state index in [1.165, 1.54) is 5.56 Å². The molecule has 1 aromatic heterocycles. The summed E-state index contributed by atoms with van der Waals surface area (Å²) in [4.78, 5) is 0. The number of benzene rings is 1. The molecule has 1 heterocycles. The Balaban J connectivity index is 2.22. The number of furan rings is 1. The summed E-state index contributed by atoms with van der Waals surface area (Å²) in [6.07, 6.45) is 2.87. The first-order chi connectivity index (χ1) is 9.26. The third kappa shape index (κ3) is 3.18. The van der Waals surface area contributed by atoms with Crippen LogP contribution in [0.3, 0.4) is 0 Å². The van der Waals surface area contributed by atoms with Gasteiger partial charge in [0.15, 0.2) is 0 Å². The lowest BCUT2D eigenvalue weighted by Gasteiger charge is -2.08. The third-order valence-electron chi connectivity index (χ3n) is 3.16. The van der Waals surface area contributed by atoms with E-state index >= 15 is 0 Å². The van der Waals surface area contributed by atoms with Crippen LogP contribution in [-0.2, 0) is 6.54 Å². The van der Waals surface area contributed by atoms with E-state index in [0.717, 1.165) is 42.1 Å². The Morgan fingerprint density at radius 3 is 2.79 bits per heavy atom. The molecule has 0 bridgehead atoms. The fourth-order valence-electron chi connectivity index (χ4n) is 2.16. The first-order valence-corrected chi connectivity index (χ1v) is 6.68. The average Bonchev–Trinajstić information content (AvgIpc) is 2.87. The molecule has 0 atom stereocenters. The van der Waals surface area contributed by atoms with Gasteiger partial charge in [0.1, 0.15) is 11.5 Å². The molecule has 102 valence electrons. The zero-order chi connectivity index (χ0) is 13.7. The van der Waals surface area contributed by atoms with Crippen molar-refractivity contribution in [3.05, 3.63) is 41.9 Å². The van der Waals surface area contributed by atoms with E-state index in [1.807, 2.05) is 12.1 Å². The highest BCUT2D eigenvalue weighted by Crippen LogP contribution is 2.29. The van der Waals surface area contributed by atoms with Crippen LogP contribution in [0.15, 0.2) is 34.9 Å². The largest absolute Gasteiger partial charge is 0.496 e. The van der Waals surface area contributed by atoms with Crippen LogP contribution < -0.4 is 10.1 Å². The highest BCUT2D eigenvalue weighted by atomic mass is 16.5. The zero-order valence-corrected chi connectivity index (χ0v) is 11.8. The maximum atomic E-state index is 5.57. The van der Waals surface area contributed by atoms with Crippen molar-refractivity contribution in [2.75, 3.05) is 13.7 Å². The second kappa shape index (κ2) is 6.43. The number of methoxy groups -OCH3 is 1. The van der Waals surface area contributed by atoms with Crippen molar-refractivity contribution in [2.24, 2.45) is 0 Å². The molecule has 0 aliphatic carbocycles. The fourth-order valence-corrected chi connectivity index (χ4v) is 2.16. The van der Waals surface area contributed by atoms with Gasteiger partial charge in [-0.3, -0.25) is 0 Å². The maximum absolute atomic E-state index is 5.57. The van der Waals surface area contributed by atoms with Gasteiger partial charge in [-0.15, -0.1) is 0 Å². The number of nitrogens with one attached hydrogen (secondary N) is 1. The molecule has 3 heteroatoms. The van der Waals surface area contributed by atoms with Crippen molar-refractivity contribution >= 4 is 0 Å². The minimum atomic E-state index is 0.765. The SMILES string of the molecule is CCCNCc1occc1-c1ccc(OC)c(C)c1. The van der Waals surface area contributed by atoms with Crippen LogP contribution in [0.5, 0.6) is 5.75 Å². The molecule has 0 saturated carbocycles. The molecule has 0 spiro atoms. The Hall–Kier alpha value is -1.74. The van der Waals surface area contributed by atoms with E-state index in [9.17, 15) is 0 Å². The first kappa shape index (κ1) is 13.7. The molecule has 0 radical (unpaired) electrons. The highest BCUT2D eigenvalue weighted by molar-refractivity contribution is 5.67. The average molecular weight is 259 g/mol. The number of hydrogen-bond donors (Lipinski definition) is 1. The van der Waals surface area contributed by atoms with Gasteiger partial charge in [-0.1, -0.05) is 13.0 Å². The number of ether oxygens (including phenoxy) is 1. The molecule has 0 saturated heterocycles. The molecule has 0 aliphatic rings. The summed E-state index contributed by atoms with van der Waals surface area (Å²) in [5, 5.41) is 3.37.